The molecule has 0 aromatic carbocycles. The van der Waals surface area contributed by atoms with E-state index >= 15 is 0 Å². The van der Waals surface area contributed by atoms with Crippen LogP contribution in [0.1, 0.15) is 181 Å². The van der Waals surface area contributed by atoms with E-state index in [-0.39, 0.29) is 38.8 Å². The maximum absolute atomic E-state index is 12.7. The van der Waals surface area contributed by atoms with Gasteiger partial charge in [0.1, 0.15) is 6.10 Å². The van der Waals surface area contributed by atoms with E-state index in [1.54, 1.807) is 0 Å². The van der Waals surface area contributed by atoms with Crippen LogP contribution in [-0.2, 0) is 27.9 Å². The molecule has 0 aliphatic heterocycles. The molecule has 0 bridgehead atoms. The van der Waals surface area contributed by atoms with Gasteiger partial charge in [-0.3, -0.25) is 13.8 Å². The Morgan fingerprint density at radius 1 is 0.455 bits per heavy atom. The summed E-state index contributed by atoms with van der Waals surface area (Å²) in [5.41, 5.74) is 5.39. The topological polar surface area (TPSA) is 117 Å². The Bertz CT molecular complexity index is 1470. The van der Waals surface area contributed by atoms with Gasteiger partial charge in [-0.2, -0.15) is 0 Å². The number of ether oxygens (including phenoxy) is 2. The smallest absolute Gasteiger partial charge is 0.457 e. The summed E-state index contributed by atoms with van der Waals surface area (Å²) in [7, 11) is -4.30. The summed E-state index contributed by atoms with van der Waals surface area (Å²) in [5, 5.41) is 0. The molecule has 0 amide bonds. The van der Waals surface area contributed by atoms with E-state index in [1.165, 1.54) is 32.1 Å². The van der Waals surface area contributed by atoms with E-state index in [2.05, 4.69) is 148 Å². The number of nitrogens with two attached hydrogens (primary N) is 1. The van der Waals surface area contributed by atoms with Gasteiger partial charge in [0.15, 0.2) is 0 Å². The number of hydrogen-bond acceptors (Lipinski definition) is 7. The molecular weight excluding hydrogens is 842 g/mol. The Morgan fingerprint density at radius 3 is 1.20 bits per heavy atom. The molecule has 9 heteroatoms. The standard InChI is InChI=1S/C57H94NO7P/c1-3-5-7-9-11-13-15-17-19-21-23-25-27-28-29-30-32-34-36-38-40-42-44-46-48-50-57(59)65-56(55-64-66(60,61)63-53-51-58)54-62-52-49-47-45-43-41-39-37-35-33-31-26-24-22-20-18-16-14-12-10-8-6-4-2/h5-8,11-14,17-20,23-26,28-29,32-35,56H,3-4,9-10,15-16,21-22,27,30-31,36-55,58H2,1-2H3,(H,60,61)/b7-5-,8-6-,13-11-,14-12-,19-17-,20-18-,25-23-,26-24-,29-28-,34-32-,35-33-. The first kappa shape index (κ1) is 62.6. The first-order valence-electron chi connectivity index (χ1n) is 25.7. The lowest BCUT2D eigenvalue weighted by Gasteiger charge is -2.20. The zero-order valence-corrected chi connectivity index (χ0v) is 42.5. The number of phosphoric ester groups is 1. The van der Waals surface area contributed by atoms with Crippen LogP contribution in [-0.4, -0.2) is 49.9 Å². The summed E-state index contributed by atoms with van der Waals surface area (Å²) in [6.45, 7) is 4.61. The molecule has 0 saturated heterocycles. The van der Waals surface area contributed by atoms with Gasteiger partial charge in [0, 0.05) is 19.6 Å². The molecule has 0 radical (unpaired) electrons. The highest BCUT2D eigenvalue weighted by Gasteiger charge is 2.25. The van der Waals surface area contributed by atoms with Gasteiger partial charge < -0.3 is 20.1 Å². The molecule has 2 atom stereocenters. The molecule has 8 nitrogen and oxygen atoms in total. The first-order chi connectivity index (χ1) is 32.4. The molecule has 0 fully saturated rings. The average molecular weight is 936 g/mol. The lowest BCUT2D eigenvalue weighted by Crippen LogP contribution is -2.28. The zero-order chi connectivity index (χ0) is 48.0. The Kier molecular flexibility index (Phi) is 49.9. The molecule has 0 aromatic heterocycles. The third-order valence-corrected chi connectivity index (χ3v) is 11.0. The Balaban J connectivity index is 4.08. The highest BCUT2D eigenvalue weighted by Crippen LogP contribution is 2.43. The minimum Gasteiger partial charge on any atom is -0.457 e. The van der Waals surface area contributed by atoms with Crippen molar-refractivity contribution in [1.82, 2.24) is 0 Å². The van der Waals surface area contributed by atoms with Crippen molar-refractivity contribution >= 4 is 13.8 Å². The fourth-order valence-corrected chi connectivity index (χ4v) is 7.14. The van der Waals surface area contributed by atoms with Gasteiger partial charge in [-0.05, 0) is 109 Å². The number of rotatable bonds is 47. The second-order valence-corrected chi connectivity index (χ2v) is 17.7. The van der Waals surface area contributed by atoms with E-state index in [4.69, 9.17) is 24.3 Å². The number of unbranched alkanes of at least 4 members (excludes halogenated alkanes) is 12. The lowest BCUT2D eigenvalue weighted by molar-refractivity contribution is -0.154. The van der Waals surface area contributed by atoms with Gasteiger partial charge in [-0.15, -0.1) is 0 Å². The molecule has 0 heterocycles. The van der Waals surface area contributed by atoms with Crippen LogP contribution < -0.4 is 5.73 Å². The van der Waals surface area contributed by atoms with Gasteiger partial charge in [-0.25, -0.2) is 4.57 Å². The van der Waals surface area contributed by atoms with E-state index in [0.29, 0.717) is 6.61 Å². The largest absolute Gasteiger partial charge is 0.472 e. The quantitative estimate of drug-likeness (QED) is 0.0268. The summed E-state index contributed by atoms with van der Waals surface area (Å²) in [5.74, 6) is -0.356. The van der Waals surface area contributed by atoms with Gasteiger partial charge >= 0.3 is 13.8 Å². The summed E-state index contributed by atoms with van der Waals surface area (Å²) < 4.78 is 33.6. The minimum atomic E-state index is -4.30. The summed E-state index contributed by atoms with van der Waals surface area (Å²) in [6, 6.07) is 0. The van der Waals surface area contributed by atoms with E-state index in [1.807, 2.05) is 0 Å². The molecule has 0 aliphatic carbocycles. The van der Waals surface area contributed by atoms with E-state index in [0.717, 1.165) is 128 Å². The molecule has 0 aromatic rings. The van der Waals surface area contributed by atoms with Crippen molar-refractivity contribution in [3.8, 4) is 0 Å². The van der Waals surface area contributed by atoms with Crippen LogP contribution in [0.2, 0.25) is 0 Å². The van der Waals surface area contributed by atoms with Crippen molar-refractivity contribution in [2.45, 2.75) is 187 Å². The fourth-order valence-electron chi connectivity index (χ4n) is 6.38. The number of phosphoric acid groups is 1. The SMILES string of the molecule is CC/C=C\C/C=C\C/C=C\C/C=C\C/C=C\C/C=C\CCCCCCCCC(=O)OC(COCCCCCCCC/C=C\C/C=C\C/C=C\C/C=C\C/C=C\CC)COP(=O)(O)OCCN. The molecule has 3 N–H and O–H groups in total. The molecule has 0 spiro atoms. The first-order valence-corrected chi connectivity index (χ1v) is 27.2. The van der Waals surface area contributed by atoms with Crippen LogP contribution in [0.25, 0.3) is 0 Å². The second-order valence-electron chi connectivity index (χ2n) is 16.3. The molecule has 374 valence electrons. The Morgan fingerprint density at radius 2 is 0.803 bits per heavy atom. The predicted octanol–water partition coefficient (Wildman–Crippen LogP) is 16.3. The van der Waals surface area contributed by atoms with Crippen LogP contribution in [0.15, 0.2) is 134 Å². The van der Waals surface area contributed by atoms with E-state index in [9.17, 15) is 14.3 Å². The van der Waals surface area contributed by atoms with Crippen molar-refractivity contribution in [2.24, 2.45) is 5.73 Å². The fraction of sp³-hybridized carbons (Fsp3) is 0.596. The average Bonchev–Trinajstić information content (AvgIpc) is 3.31. The summed E-state index contributed by atoms with van der Waals surface area (Å²) >= 11 is 0. The summed E-state index contributed by atoms with van der Waals surface area (Å²) in [4.78, 5) is 22.6. The Hall–Kier alpha value is -3.36. The van der Waals surface area contributed by atoms with E-state index < -0.39 is 13.9 Å². The highest BCUT2D eigenvalue weighted by molar-refractivity contribution is 7.47. The third-order valence-electron chi connectivity index (χ3n) is 10.1. The van der Waals surface area contributed by atoms with Gasteiger partial charge in [0.2, 0.25) is 0 Å². The van der Waals surface area contributed by atoms with Crippen molar-refractivity contribution in [3.63, 3.8) is 0 Å². The van der Waals surface area contributed by atoms with Gasteiger partial charge in [0.05, 0.1) is 19.8 Å². The van der Waals surface area contributed by atoms with Crippen LogP contribution in [0.5, 0.6) is 0 Å². The van der Waals surface area contributed by atoms with Crippen LogP contribution in [0.4, 0.5) is 0 Å². The maximum atomic E-state index is 12.7. The third kappa shape index (κ3) is 51.6. The molecule has 0 aliphatic rings. The number of allylic oxidation sites excluding steroid dienone is 22. The molecule has 0 saturated carbocycles. The van der Waals surface area contributed by atoms with Crippen molar-refractivity contribution in [1.29, 1.82) is 0 Å². The van der Waals surface area contributed by atoms with Gasteiger partial charge in [0.25, 0.3) is 0 Å². The summed E-state index contributed by atoms with van der Waals surface area (Å²) in [6.07, 6.45) is 74.8. The number of esters is 1. The number of hydrogen-bond donors (Lipinski definition) is 2. The molecule has 66 heavy (non-hydrogen) atoms. The van der Waals surface area contributed by atoms with Crippen molar-refractivity contribution in [2.75, 3.05) is 33.0 Å². The monoisotopic (exact) mass is 936 g/mol. The van der Waals surface area contributed by atoms with Crippen LogP contribution >= 0.6 is 7.82 Å². The zero-order valence-electron chi connectivity index (χ0n) is 41.6. The molecule has 0 rings (SSSR count). The second kappa shape index (κ2) is 52.6. The Labute approximate surface area is 404 Å². The lowest BCUT2D eigenvalue weighted by atomic mass is 10.1. The van der Waals surface area contributed by atoms with Crippen molar-refractivity contribution < 1.29 is 32.8 Å². The van der Waals surface area contributed by atoms with Gasteiger partial charge in [-0.1, -0.05) is 199 Å². The molecule has 2 unspecified atom stereocenters. The maximum Gasteiger partial charge on any atom is 0.472 e. The number of carbonyl (C=O) groups excluding carboxylic acids is 1. The van der Waals surface area contributed by atoms with Crippen LogP contribution in [0, 0.1) is 0 Å². The normalized spacial score (nSPS) is 14.4. The van der Waals surface area contributed by atoms with Crippen molar-refractivity contribution in [3.05, 3.63) is 134 Å². The van der Waals surface area contributed by atoms with Crippen LogP contribution in [0.3, 0.4) is 0 Å². The minimum absolute atomic E-state index is 0.0865. The number of carbonyl (C=O) groups is 1. The highest BCUT2D eigenvalue weighted by atomic mass is 31.2. The predicted molar refractivity (Wildman–Crippen MR) is 283 cm³/mol. The molecular formula is C57H94NO7P.